The Balaban J connectivity index is -0.000000142. The molecule has 0 fully saturated rings. The molecule has 0 spiro atoms. The number of esters is 1. The number of nitro benzene ring substituents is 1. The minimum absolute atomic E-state index is 0. The Kier molecular flexibility index (Phi) is 10.2. The average Bonchev–Trinajstić information content (AvgIpc) is 2.38. The quantitative estimate of drug-likeness (QED) is 0.295. The molecule has 1 aromatic rings. The maximum absolute atomic E-state index is 10.4. The molecular formula is C11H13MgNO6. The van der Waals surface area contributed by atoms with Gasteiger partial charge in [-0.1, -0.05) is 18.7 Å². The Hall–Kier alpha value is -1.93. The van der Waals surface area contributed by atoms with Crippen LogP contribution in [0.4, 0.5) is 5.69 Å². The van der Waals surface area contributed by atoms with E-state index in [2.05, 4.69) is 11.3 Å². The largest absolute Gasteiger partial charge is 2.00 e. The standard InChI is InChI=1S/C7H5NO4.C4H6O2.Mg.2H/c9-7(10)5-3-1-2-4-6(5)8(11)12;1-3-4(5)6-2;;;/h1-4H,(H,9,10);3H,1H2,2H3;;;/q;;+2;2*-1. The van der Waals surface area contributed by atoms with E-state index >= 15 is 0 Å². The Morgan fingerprint density at radius 1 is 1.47 bits per heavy atom. The molecule has 8 heteroatoms. The van der Waals surface area contributed by atoms with Crippen molar-refractivity contribution in [3.63, 3.8) is 0 Å². The number of para-hydroxylation sites is 1. The first-order valence-corrected chi connectivity index (χ1v) is 4.61. The molecule has 100 valence electrons. The van der Waals surface area contributed by atoms with Gasteiger partial charge >= 0.3 is 35.0 Å². The minimum Gasteiger partial charge on any atom is -1.00 e. The van der Waals surface area contributed by atoms with Gasteiger partial charge in [0.1, 0.15) is 5.56 Å². The molecule has 0 saturated carbocycles. The molecule has 19 heavy (non-hydrogen) atoms. The van der Waals surface area contributed by atoms with Crippen LogP contribution < -0.4 is 0 Å². The van der Waals surface area contributed by atoms with E-state index < -0.39 is 16.9 Å². The number of carbonyl (C=O) groups excluding carboxylic acids is 1. The zero-order valence-corrected chi connectivity index (χ0v) is 11.7. The average molecular weight is 280 g/mol. The van der Waals surface area contributed by atoms with Crippen LogP contribution in [0, 0.1) is 10.1 Å². The predicted molar refractivity (Wildman–Crippen MR) is 70.2 cm³/mol. The van der Waals surface area contributed by atoms with E-state index in [1.807, 2.05) is 0 Å². The second-order valence-corrected chi connectivity index (χ2v) is 2.81. The fourth-order valence-corrected chi connectivity index (χ4v) is 0.897. The van der Waals surface area contributed by atoms with Gasteiger partial charge in [0.25, 0.3) is 5.69 Å². The van der Waals surface area contributed by atoms with Crippen LogP contribution >= 0.6 is 0 Å². The molecule has 1 rings (SSSR count). The van der Waals surface area contributed by atoms with Crippen molar-refractivity contribution in [3.8, 4) is 0 Å². The fourth-order valence-electron chi connectivity index (χ4n) is 0.897. The Morgan fingerprint density at radius 3 is 2.26 bits per heavy atom. The molecule has 0 aliphatic heterocycles. The number of carbonyl (C=O) groups is 2. The number of rotatable bonds is 3. The van der Waals surface area contributed by atoms with E-state index in [0.717, 1.165) is 12.1 Å². The molecule has 0 heterocycles. The van der Waals surface area contributed by atoms with E-state index in [0.29, 0.717) is 0 Å². The Labute approximate surface area is 128 Å². The Morgan fingerprint density at radius 2 is 2.00 bits per heavy atom. The van der Waals surface area contributed by atoms with Crippen molar-refractivity contribution < 1.29 is 27.2 Å². The SMILES string of the molecule is C=CC(=O)OC.O=C(O)c1ccccc1[N+](=O)[O-].[H-].[H-].[Mg+2]. The van der Waals surface area contributed by atoms with Gasteiger partial charge in [-0.25, -0.2) is 9.59 Å². The number of aromatic carboxylic acids is 1. The summed E-state index contributed by atoms with van der Waals surface area (Å²) >= 11 is 0. The third-order valence-corrected chi connectivity index (χ3v) is 1.70. The molecule has 1 N–H and O–H groups in total. The van der Waals surface area contributed by atoms with Crippen molar-refractivity contribution in [2.45, 2.75) is 0 Å². The van der Waals surface area contributed by atoms with Crippen LogP contribution in [0.15, 0.2) is 36.9 Å². The molecule has 0 unspecified atom stereocenters. The number of methoxy groups -OCH3 is 1. The van der Waals surface area contributed by atoms with Crippen LogP contribution in [-0.2, 0) is 9.53 Å². The molecule has 0 radical (unpaired) electrons. The molecule has 0 aliphatic carbocycles. The van der Waals surface area contributed by atoms with Crippen LogP contribution in [0.2, 0.25) is 0 Å². The van der Waals surface area contributed by atoms with Crippen LogP contribution in [0.1, 0.15) is 13.2 Å². The topological polar surface area (TPSA) is 107 Å². The summed E-state index contributed by atoms with van der Waals surface area (Å²) in [7, 11) is 1.31. The number of hydrogen-bond acceptors (Lipinski definition) is 5. The number of benzene rings is 1. The van der Waals surface area contributed by atoms with Crippen LogP contribution in [-0.4, -0.2) is 52.1 Å². The van der Waals surface area contributed by atoms with Crippen LogP contribution in [0.25, 0.3) is 0 Å². The smallest absolute Gasteiger partial charge is 1.00 e. The van der Waals surface area contributed by atoms with Gasteiger partial charge in [-0.3, -0.25) is 10.1 Å². The predicted octanol–water partition coefficient (Wildman–Crippen LogP) is 1.48. The van der Waals surface area contributed by atoms with Gasteiger partial charge in [-0.2, -0.15) is 0 Å². The summed E-state index contributed by atoms with van der Waals surface area (Å²) in [6.45, 7) is 3.16. The molecule has 0 bridgehead atoms. The summed E-state index contributed by atoms with van der Waals surface area (Å²) in [5.41, 5.74) is -0.674. The van der Waals surface area contributed by atoms with Crippen molar-refractivity contribution in [1.29, 1.82) is 0 Å². The molecule has 0 saturated heterocycles. The first-order valence-electron chi connectivity index (χ1n) is 4.61. The van der Waals surface area contributed by atoms with Crippen molar-refractivity contribution in [2.75, 3.05) is 7.11 Å². The van der Waals surface area contributed by atoms with Crippen molar-refractivity contribution >= 4 is 40.7 Å². The van der Waals surface area contributed by atoms with Crippen LogP contribution in [0.3, 0.4) is 0 Å². The summed E-state index contributed by atoms with van der Waals surface area (Å²) < 4.78 is 4.14. The van der Waals surface area contributed by atoms with E-state index in [1.54, 1.807) is 0 Å². The molecule has 0 aromatic heterocycles. The third kappa shape index (κ3) is 7.16. The van der Waals surface area contributed by atoms with Crippen LogP contribution in [0.5, 0.6) is 0 Å². The van der Waals surface area contributed by atoms with Gasteiger partial charge in [0.2, 0.25) is 0 Å². The molecule has 7 nitrogen and oxygen atoms in total. The van der Waals surface area contributed by atoms with E-state index in [-0.39, 0.29) is 37.2 Å². The normalized spacial score (nSPS) is 8.05. The van der Waals surface area contributed by atoms with Gasteiger partial charge < -0.3 is 12.7 Å². The summed E-state index contributed by atoms with van der Waals surface area (Å²) in [6.07, 6.45) is 1.11. The zero-order chi connectivity index (χ0) is 14.1. The molecular weight excluding hydrogens is 266 g/mol. The van der Waals surface area contributed by atoms with Crippen molar-refractivity contribution in [1.82, 2.24) is 0 Å². The first-order chi connectivity index (χ1) is 8.43. The van der Waals surface area contributed by atoms with Crippen molar-refractivity contribution in [2.24, 2.45) is 0 Å². The summed E-state index contributed by atoms with van der Waals surface area (Å²) in [5, 5.41) is 18.8. The van der Waals surface area contributed by atoms with E-state index in [9.17, 15) is 19.7 Å². The number of nitro groups is 1. The maximum Gasteiger partial charge on any atom is 2.00 e. The van der Waals surface area contributed by atoms with Crippen molar-refractivity contribution in [3.05, 3.63) is 52.6 Å². The number of ether oxygens (including phenoxy) is 1. The third-order valence-electron chi connectivity index (χ3n) is 1.70. The summed E-state index contributed by atoms with van der Waals surface area (Å²) in [4.78, 5) is 29.8. The monoisotopic (exact) mass is 279 g/mol. The van der Waals surface area contributed by atoms with E-state index in [4.69, 9.17) is 5.11 Å². The number of carboxylic acid groups (broad SMARTS) is 1. The zero-order valence-electron chi connectivity index (χ0n) is 12.2. The van der Waals surface area contributed by atoms with Gasteiger partial charge in [0, 0.05) is 12.1 Å². The summed E-state index contributed by atoms with van der Waals surface area (Å²) in [6, 6.07) is 5.21. The Bertz CT molecular complexity index is 451. The fraction of sp³-hybridized carbons (Fsp3) is 0.0909. The second-order valence-electron chi connectivity index (χ2n) is 2.81. The minimum atomic E-state index is -1.29. The summed E-state index contributed by atoms with van der Waals surface area (Å²) in [5.74, 6) is -1.68. The van der Waals surface area contributed by atoms with Gasteiger partial charge in [0.15, 0.2) is 0 Å². The molecule has 0 amide bonds. The molecule has 0 aliphatic rings. The molecule has 1 aromatic carbocycles. The van der Waals surface area contributed by atoms with Gasteiger partial charge in [-0.15, -0.1) is 0 Å². The maximum atomic E-state index is 10.4. The number of hydrogen-bond donors (Lipinski definition) is 1. The number of nitrogens with zero attached hydrogens (tertiary/aromatic N) is 1. The van der Waals surface area contributed by atoms with E-state index in [1.165, 1.54) is 25.3 Å². The van der Waals surface area contributed by atoms with Gasteiger partial charge in [-0.05, 0) is 6.07 Å². The molecule has 0 atom stereocenters. The second kappa shape index (κ2) is 10.0. The number of carboxylic acids is 1. The van der Waals surface area contributed by atoms with Gasteiger partial charge in [0.05, 0.1) is 12.0 Å². The first kappa shape index (κ1) is 19.4.